The summed E-state index contributed by atoms with van der Waals surface area (Å²) in [7, 11) is 0. The maximum absolute atomic E-state index is 13.3. The molecule has 0 bridgehead atoms. The van der Waals surface area contributed by atoms with Gasteiger partial charge in [-0.3, -0.25) is 14.5 Å². The van der Waals surface area contributed by atoms with E-state index in [1.165, 1.54) is 4.90 Å². The largest absolute Gasteiger partial charge is 0.327 e. The van der Waals surface area contributed by atoms with Crippen LogP contribution in [0, 0.1) is 0 Å². The highest BCUT2D eigenvalue weighted by Gasteiger charge is 2.47. The van der Waals surface area contributed by atoms with Gasteiger partial charge in [0.05, 0.1) is 19.1 Å². The summed E-state index contributed by atoms with van der Waals surface area (Å²) in [6, 6.07) is 14.8. The van der Waals surface area contributed by atoms with E-state index in [1.807, 2.05) is 6.07 Å². The number of Topliss-reactive ketones (excluding diaryl/α,β-unsaturated/α-hetero) is 1. The van der Waals surface area contributed by atoms with Gasteiger partial charge in [0.2, 0.25) is 5.91 Å². The second kappa shape index (κ2) is 8.35. The van der Waals surface area contributed by atoms with Gasteiger partial charge in [0, 0.05) is 10.6 Å². The van der Waals surface area contributed by atoms with Crippen molar-refractivity contribution in [1.29, 1.82) is 0 Å². The van der Waals surface area contributed by atoms with Gasteiger partial charge < -0.3 is 10.2 Å². The molecule has 6 nitrogen and oxygen atoms in total. The summed E-state index contributed by atoms with van der Waals surface area (Å²) < 4.78 is 0. The lowest BCUT2D eigenvalue weighted by Gasteiger charge is -2.46. The molecule has 2 atom stereocenters. The number of urea groups is 1. The minimum absolute atomic E-state index is 0.0455. The SMILES string of the molecule is O=C(CN1C(=O)N(Cc2ccc(Cl)cc2)C(=O)C2NCCCC21)c1ccccc1. The van der Waals surface area contributed by atoms with Gasteiger partial charge in [0.25, 0.3) is 0 Å². The zero-order valence-electron chi connectivity index (χ0n) is 15.9. The van der Waals surface area contributed by atoms with Crippen molar-refractivity contribution in [3.05, 3.63) is 70.7 Å². The number of piperidine rings is 1. The number of carbonyl (C=O) groups excluding carboxylic acids is 3. The maximum Gasteiger partial charge on any atom is 0.327 e. The topological polar surface area (TPSA) is 69.7 Å². The van der Waals surface area contributed by atoms with Crippen LogP contribution in [0.2, 0.25) is 5.02 Å². The molecule has 0 radical (unpaired) electrons. The van der Waals surface area contributed by atoms with Crippen molar-refractivity contribution in [3.63, 3.8) is 0 Å². The molecule has 2 heterocycles. The van der Waals surface area contributed by atoms with Crippen LogP contribution in [-0.4, -0.2) is 52.7 Å². The van der Waals surface area contributed by atoms with Gasteiger partial charge in [0.15, 0.2) is 5.78 Å². The van der Waals surface area contributed by atoms with E-state index in [2.05, 4.69) is 5.32 Å². The number of carbonyl (C=O) groups is 3. The molecule has 2 aromatic carbocycles. The number of halogens is 1. The fraction of sp³-hybridized carbons (Fsp3) is 0.318. The number of fused-ring (bicyclic) bond motifs is 1. The van der Waals surface area contributed by atoms with Gasteiger partial charge in [-0.15, -0.1) is 0 Å². The molecule has 2 fully saturated rings. The summed E-state index contributed by atoms with van der Waals surface area (Å²) in [5.41, 5.74) is 1.36. The fourth-order valence-corrected chi connectivity index (χ4v) is 4.12. The number of rotatable bonds is 5. The number of nitrogens with one attached hydrogen (secondary N) is 1. The molecule has 29 heavy (non-hydrogen) atoms. The average Bonchev–Trinajstić information content (AvgIpc) is 2.76. The van der Waals surface area contributed by atoms with E-state index < -0.39 is 12.1 Å². The van der Waals surface area contributed by atoms with E-state index in [4.69, 9.17) is 11.6 Å². The van der Waals surface area contributed by atoms with Crippen molar-refractivity contribution >= 4 is 29.3 Å². The van der Waals surface area contributed by atoms with Crippen LogP contribution in [0.5, 0.6) is 0 Å². The lowest BCUT2D eigenvalue weighted by atomic mass is 9.92. The van der Waals surface area contributed by atoms with Crippen LogP contribution in [0.1, 0.15) is 28.8 Å². The Kier molecular flexibility index (Phi) is 5.65. The van der Waals surface area contributed by atoms with Crippen LogP contribution in [0.15, 0.2) is 54.6 Å². The van der Waals surface area contributed by atoms with E-state index in [0.717, 1.165) is 18.5 Å². The Balaban J connectivity index is 1.60. The third-order valence-corrected chi connectivity index (χ3v) is 5.75. The first kappa shape index (κ1) is 19.6. The molecule has 2 aromatic rings. The predicted octanol–water partition coefficient (Wildman–Crippen LogP) is 3.11. The summed E-state index contributed by atoms with van der Waals surface area (Å²) >= 11 is 5.94. The van der Waals surface area contributed by atoms with Gasteiger partial charge in [-0.25, -0.2) is 4.79 Å². The van der Waals surface area contributed by atoms with Crippen LogP contribution in [0.4, 0.5) is 4.79 Å². The first-order valence-corrected chi connectivity index (χ1v) is 10.1. The number of nitrogens with zero attached hydrogens (tertiary/aromatic N) is 2. The fourth-order valence-electron chi connectivity index (χ4n) is 3.99. The number of hydrogen-bond donors (Lipinski definition) is 1. The average molecular weight is 412 g/mol. The normalized spacial score (nSPS) is 21.8. The van der Waals surface area contributed by atoms with Gasteiger partial charge in [-0.2, -0.15) is 0 Å². The van der Waals surface area contributed by atoms with Crippen molar-refractivity contribution in [3.8, 4) is 0 Å². The molecule has 7 heteroatoms. The Morgan fingerprint density at radius 3 is 2.52 bits per heavy atom. The highest BCUT2D eigenvalue weighted by molar-refractivity contribution is 6.30. The quantitative estimate of drug-likeness (QED) is 0.767. The molecule has 2 saturated heterocycles. The maximum atomic E-state index is 13.3. The van der Waals surface area contributed by atoms with Gasteiger partial charge in [-0.1, -0.05) is 54.1 Å². The highest BCUT2D eigenvalue weighted by Crippen LogP contribution is 2.26. The molecule has 2 unspecified atom stereocenters. The molecule has 150 valence electrons. The molecule has 2 aliphatic heterocycles. The lowest BCUT2D eigenvalue weighted by molar-refractivity contribution is -0.137. The Hall–Kier alpha value is -2.70. The number of imide groups is 1. The van der Waals surface area contributed by atoms with Crippen LogP contribution in [0.25, 0.3) is 0 Å². The van der Waals surface area contributed by atoms with Crippen LogP contribution in [-0.2, 0) is 11.3 Å². The lowest BCUT2D eigenvalue weighted by Crippen LogP contribution is -2.69. The van der Waals surface area contributed by atoms with Crippen LogP contribution in [0.3, 0.4) is 0 Å². The highest BCUT2D eigenvalue weighted by atomic mass is 35.5. The Morgan fingerprint density at radius 1 is 1.07 bits per heavy atom. The summed E-state index contributed by atoms with van der Waals surface area (Å²) in [6.07, 6.45) is 1.56. The molecule has 0 aromatic heterocycles. The van der Waals surface area contributed by atoms with E-state index in [-0.39, 0.29) is 30.8 Å². The number of hydrogen-bond acceptors (Lipinski definition) is 4. The molecule has 4 rings (SSSR count). The Bertz CT molecular complexity index is 917. The molecule has 0 spiro atoms. The van der Waals surface area contributed by atoms with E-state index in [0.29, 0.717) is 17.0 Å². The van der Waals surface area contributed by atoms with Gasteiger partial charge >= 0.3 is 6.03 Å². The molecule has 2 aliphatic rings. The predicted molar refractivity (Wildman–Crippen MR) is 110 cm³/mol. The molecule has 3 amide bonds. The van der Waals surface area contributed by atoms with Crippen molar-refractivity contribution in [2.24, 2.45) is 0 Å². The van der Waals surface area contributed by atoms with E-state index in [1.54, 1.807) is 53.4 Å². The van der Waals surface area contributed by atoms with E-state index >= 15 is 0 Å². The smallest absolute Gasteiger partial charge is 0.311 e. The van der Waals surface area contributed by atoms with Crippen molar-refractivity contribution < 1.29 is 14.4 Å². The first-order valence-electron chi connectivity index (χ1n) is 9.72. The summed E-state index contributed by atoms with van der Waals surface area (Å²) in [4.78, 5) is 41.9. The van der Waals surface area contributed by atoms with E-state index in [9.17, 15) is 14.4 Å². The third-order valence-electron chi connectivity index (χ3n) is 5.50. The number of benzene rings is 2. The van der Waals surface area contributed by atoms with Gasteiger partial charge in [-0.05, 0) is 37.1 Å². The summed E-state index contributed by atoms with van der Waals surface area (Å²) in [5, 5.41) is 3.83. The Morgan fingerprint density at radius 2 is 1.79 bits per heavy atom. The Labute approximate surface area is 174 Å². The van der Waals surface area contributed by atoms with Crippen molar-refractivity contribution in [1.82, 2.24) is 15.1 Å². The molecule has 1 N–H and O–H groups in total. The second-order valence-electron chi connectivity index (χ2n) is 7.39. The van der Waals surface area contributed by atoms with Gasteiger partial charge in [0.1, 0.15) is 6.04 Å². The minimum atomic E-state index is -0.489. The van der Waals surface area contributed by atoms with Crippen molar-refractivity contribution in [2.45, 2.75) is 31.5 Å². The number of amides is 3. The molecule has 0 saturated carbocycles. The molecular formula is C22H22ClN3O3. The summed E-state index contributed by atoms with van der Waals surface area (Å²) in [5.74, 6) is -0.373. The molecule has 0 aliphatic carbocycles. The number of ketones is 1. The van der Waals surface area contributed by atoms with Crippen LogP contribution >= 0.6 is 11.6 Å². The standard InChI is InChI=1S/C22H22ClN3O3/c23-17-10-8-15(9-11-17)13-26-21(28)20-18(7-4-12-24-20)25(22(26)29)14-19(27)16-5-2-1-3-6-16/h1-3,5-6,8-11,18,20,24H,4,7,12-14H2. The second-order valence-corrected chi connectivity index (χ2v) is 7.83. The zero-order chi connectivity index (χ0) is 20.4. The first-order chi connectivity index (χ1) is 14.0. The molecular weight excluding hydrogens is 390 g/mol. The third kappa shape index (κ3) is 4.04. The monoisotopic (exact) mass is 411 g/mol. The van der Waals surface area contributed by atoms with Crippen LogP contribution < -0.4 is 5.32 Å². The minimum Gasteiger partial charge on any atom is -0.311 e. The zero-order valence-corrected chi connectivity index (χ0v) is 16.6. The van der Waals surface area contributed by atoms with Crippen molar-refractivity contribution in [2.75, 3.05) is 13.1 Å². The summed E-state index contributed by atoms with van der Waals surface area (Å²) in [6.45, 7) is 0.822.